The summed E-state index contributed by atoms with van der Waals surface area (Å²) in [5, 5.41) is 0.172. The normalized spacial score (nSPS) is 12.5. The minimum absolute atomic E-state index is 0.0600. The van der Waals surface area contributed by atoms with E-state index in [9.17, 15) is 4.79 Å². The van der Waals surface area contributed by atoms with Gasteiger partial charge < -0.3 is 0 Å². The molecule has 1 unspecified atom stereocenters. The maximum atomic E-state index is 11.9. The zero-order chi connectivity index (χ0) is 11.3. The number of hydrogen-bond acceptors (Lipinski definition) is 2. The Labute approximate surface area is 95.6 Å². The molecule has 1 nitrogen and oxygen atoms in total. The first-order valence-corrected chi connectivity index (χ1v) is 5.86. The first kappa shape index (κ1) is 12.1. The summed E-state index contributed by atoms with van der Waals surface area (Å²) in [5.41, 5.74) is 0. The highest BCUT2D eigenvalue weighted by Gasteiger charge is 2.19. The van der Waals surface area contributed by atoms with Crippen molar-refractivity contribution >= 4 is 16.9 Å². The van der Waals surface area contributed by atoms with E-state index in [1.165, 1.54) is 11.8 Å². The van der Waals surface area contributed by atoms with Gasteiger partial charge in [0.25, 0.3) is 0 Å². The molecule has 0 aromatic heterocycles. The van der Waals surface area contributed by atoms with Gasteiger partial charge in [0, 0.05) is 10.8 Å². The molecular formula is C13H16OS. The van der Waals surface area contributed by atoms with Gasteiger partial charge in [-0.15, -0.1) is 6.58 Å². The summed E-state index contributed by atoms with van der Waals surface area (Å²) >= 11 is 1.29. The summed E-state index contributed by atoms with van der Waals surface area (Å²) in [7, 11) is 0. The zero-order valence-electron chi connectivity index (χ0n) is 9.14. The lowest BCUT2D eigenvalue weighted by molar-refractivity contribution is -0.114. The summed E-state index contributed by atoms with van der Waals surface area (Å²) in [5.74, 6) is 0.251. The first-order valence-electron chi connectivity index (χ1n) is 5.04. The summed E-state index contributed by atoms with van der Waals surface area (Å²) < 4.78 is 0. The van der Waals surface area contributed by atoms with Crippen LogP contribution in [0, 0.1) is 11.8 Å². The molecular weight excluding hydrogens is 204 g/mol. The van der Waals surface area contributed by atoms with Gasteiger partial charge in [0.15, 0.2) is 0 Å². The fraction of sp³-hybridized carbons (Fsp3) is 0.308. The van der Waals surface area contributed by atoms with Gasteiger partial charge in [-0.1, -0.05) is 49.9 Å². The van der Waals surface area contributed by atoms with Crippen LogP contribution in [0.1, 0.15) is 13.8 Å². The van der Waals surface area contributed by atoms with Crippen LogP contribution in [0.4, 0.5) is 0 Å². The summed E-state index contributed by atoms with van der Waals surface area (Å²) in [6.07, 6.45) is 1.74. The molecule has 1 aromatic carbocycles. The van der Waals surface area contributed by atoms with Gasteiger partial charge in [0.2, 0.25) is 5.12 Å². The quantitative estimate of drug-likeness (QED) is 0.567. The number of allylic oxidation sites excluding steroid dienone is 1. The van der Waals surface area contributed by atoms with E-state index in [4.69, 9.17) is 0 Å². The molecule has 0 amide bonds. The Morgan fingerprint density at radius 1 is 1.33 bits per heavy atom. The van der Waals surface area contributed by atoms with E-state index in [0.717, 1.165) is 4.90 Å². The van der Waals surface area contributed by atoms with Crippen LogP contribution >= 0.6 is 11.8 Å². The van der Waals surface area contributed by atoms with Crippen molar-refractivity contribution in [3.63, 3.8) is 0 Å². The van der Waals surface area contributed by atoms with Crippen molar-refractivity contribution in [1.29, 1.82) is 0 Å². The number of carbonyl (C=O) groups excluding carboxylic acids is 1. The summed E-state index contributed by atoms with van der Waals surface area (Å²) in [6, 6.07) is 9.72. The average molecular weight is 220 g/mol. The van der Waals surface area contributed by atoms with Crippen LogP contribution in [0.3, 0.4) is 0 Å². The van der Waals surface area contributed by atoms with Crippen LogP contribution in [0.25, 0.3) is 0 Å². The van der Waals surface area contributed by atoms with E-state index >= 15 is 0 Å². The van der Waals surface area contributed by atoms with E-state index in [2.05, 4.69) is 6.58 Å². The largest absolute Gasteiger partial charge is 0.286 e. The standard InChI is InChI=1S/C13H16OS/c1-4-12(10(2)3)13(14)15-11-8-6-5-7-9-11/h4-10,12H,1H2,2-3H3. The molecule has 1 rings (SSSR count). The summed E-state index contributed by atoms with van der Waals surface area (Å²) in [4.78, 5) is 12.9. The predicted molar refractivity (Wildman–Crippen MR) is 65.8 cm³/mol. The number of carbonyl (C=O) groups is 1. The lowest BCUT2D eigenvalue weighted by Gasteiger charge is -2.14. The third-order valence-electron chi connectivity index (χ3n) is 2.21. The fourth-order valence-corrected chi connectivity index (χ4v) is 2.34. The Morgan fingerprint density at radius 2 is 1.93 bits per heavy atom. The second kappa shape index (κ2) is 5.76. The van der Waals surface area contributed by atoms with Crippen LogP contribution in [0.5, 0.6) is 0 Å². The Morgan fingerprint density at radius 3 is 2.40 bits per heavy atom. The Kier molecular flexibility index (Phi) is 4.63. The average Bonchev–Trinajstić information content (AvgIpc) is 2.19. The maximum Gasteiger partial charge on any atom is 0.200 e. The van der Waals surface area contributed by atoms with Crippen LogP contribution in [0.15, 0.2) is 47.9 Å². The molecule has 80 valence electrons. The number of thioether (sulfide) groups is 1. The van der Waals surface area contributed by atoms with Crippen molar-refractivity contribution in [3.05, 3.63) is 43.0 Å². The van der Waals surface area contributed by atoms with Gasteiger partial charge in [0.1, 0.15) is 0 Å². The van der Waals surface area contributed by atoms with Crippen molar-refractivity contribution in [2.45, 2.75) is 18.7 Å². The summed E-state index contributed by atoms with van der Waals surface area (Å²) in [6.45, 7) is 7.79. The maximum absolute atomic E-state index is 11.9. The van der Waals surface area contributed by atoms with E-state index in [0.29, 0.717) is 5.92 Å². The molecule has 0 bridgehead atoms. The molecule has 0 spiro atoms. The topological polar surface area (TPSA) is 17.1 Å². The monoisotopic (exact) mass is 220 g/mol. The minimum atomic E-state index is -0.0600. The van der Waals surface area contributed by atoms with Crippen molar-refractivity contribution in [2.24, 2.45) is 11.8 Å². The minimum Gasteiger partial charge on any atom is -0.286 e. The molecule has 15 heavy (non-hydrogen) atoms. The van der Waals surface area contributed by atoms with Crippen molar-refractivity contribution < 1.29 is 4.79 Å². The van der Waals surface area contributed by atoms with Gasteiger partial charge in [0.05, 0.1) is 0 Å². The predicted octanol–water partition coefficient (Wildman–Crippen LogP) is 3.76. The Balaban J connectivity index is 2.66. The third kappa shape index (κ3) is 3.56. The van der Waals surface area contributed by atoms with Crippen LogP contribution < -0.4 is 0 Å². The molecule has 2 heteroatoms. The molecule has 0 saturated carbocycles. The molecule has 0 aliphatic carbocycles. The number of rotatable bonds is 4. The highest BCUT2D eigenvalue weighted by Crippen LogP contribution is 2.26. The SMILES string of the molecule is C=CC(C(=O)Sc1ccccc1)C(C)C. The van der Waals surface area contributed by atoms with Gasteiger partial charge in [-0.05, 0) is 18.1 Å². The highest BCUT2D eigenvalue weighted by molar-refractivity contribution is 8.13. The Bertz CT molecular complexity index is 330. The second-order valence-corrected chi connectivity index (χ2v) is 4.82. The van der Waals surface area contributed by atoms with Crippen molar-refractivity contribution in [3.8, 4) is 0 Å². The fourth-order valence-electron chi connectivity index (χ4n) is 1.31. The first-order chi connectivity index (χ1) is 7.15. The van der Waals surface area contributed by atoms with E-state index in [1.54, 1.807) is 6.08 Å². The second-order valence-electron chi connectivity index (χ2n) is 3.74. The molecule has 1 aromatic rings. The smallest absolute Gasteiger partial charge is 0.200 e. The highest BCUT2D eigenvalue weighted by atomic mass is 32.2. The molecule has 0 aliphatic heterocycles. The lowest BCUT2D eigenvalue weighted by Crippen LogP contribution is -2.14. The molecule has 0 aliphatic rings. The van der Waals surface area contributed by atoms with Gasteiger partial charge in [-0.3, -0.25) is 4.79 Å². The van der Waals surface area contributed by atoms with E-state index < -0.39 is 0 Å². The molecule has 0 N–H and O–H groups in total. The molecule has 1 atom stereocenters. The van der Waals surface area contributed by atoms with E-state index in [1.807, 2.05) is 44.2 Å². The number of benzene rings is 1. The van der Waals surface area contributed by atoms with Crippen LogP contribution in [-0.4, -0.2) is 5.12 Å². The van der Waals surface area contributed by atoms with E-state index in [-0.39, 0.29) is 11.0 Å². The van der Waals surface area contributed by atoms with Crippen molar-refractivity contribution in [1.82, 2.24) is 0 Å². The third-order valence-corrected chi connectivity index (χ3v) is 3.19. The van der Waals surface area contributed by atoms with Gasteiger partial charge in [-0.2, -0.15) is 0 Å². The van der Waals surface area contributed by atoms with Crippen LogP contribution in [0.2, 0.25) is 0 Å². The zero-order valence-corrected chi connectivity index (χ0v) is 9.96. The van der Waals surface area contributed by atoms with Gasteiger partial charge in [-0.25, -0.2) is 0 Å². The Hall–Kier alpha value is -1.02. The number of hydrogen-bond donors (Lipinski definition) is 0. The lowest BCUT2D eigenvalue weighted by atomic mass is 9.98. The molecule has 0 radical (unpaired) electrons. The van der Waals surface area contributed by atoms with Gasteiger partial charge >= 0.3 is 0 Å². The molecule has 0 saturated heterocycles. The molecule has 0 heterocycles. The molecule has 0 fully saturated rings. The van der Waals surface area contributed by atoms with Crippen LogP contribution in [-0.2, 0) is 4.79 Å². The van der Waals surface area contributed by atoms with Crippen molar-refractivity contribution in [2.75, 3.05) is 0 Å².